The van der Waals surface area contributed by atoms with Gasteiger partial charge in [-0.1, -0.05) is 12.1 Å². The number of benzene rings is 1. The molecule has 1 atom stereocenters. The summed E-state index contributed by atoms with van der Waals surface area (Å²) in [6, 6.07) is 6.78. The largest absolute Gasteiger partial charge is 0.483 e. The predicted octanol–water partition coefficient (Wildman–Crippen LogP) is 0.929. The molecule has 0 aromatic heterocycles. The molecule has 2 fully saturated rings. The van der Waals surface area contributed by atoms with Gasteiger partial charge < -0.3 is 20.7 Å². The van der Waals surface area contributed by atoms with Crippen molar-refractivity contribution in [2.24, 2.45) is 17.6 Å². The molecule has 1 saturated heterocycles. The molecule has 0 bridgehead atoms. The van der Waals surface area contributed by atoms with Gasteiger partial charge in [-0.2, -0.15) is 0 Å². The van der Waals surface area contributed by atoms with E-state index >= 15 is 0 Å². The summed E-state index contributed by atoms with van der Waals surface area (Å²) in [6.07, 6.45) is 3.97. The number of likely N-dealkylation sites (tertiary alicyclic amines) is 1. The fraction of sp³-hybridized carbons (Fsp3) is 0.526. The van der Waals surface area contributed by atoms with Crippen molar-refractivity contribution >= 4 is 17.7 Å². The molecule has 0 radical (unpaired) electrons. The van der Waals surface area contributed by atoms with E-state index in [0.29, 0.717) is 30.3 Å². The SMILES string of the molecule is NC(=O)COc1ccccc1C(=O)N1CCCC(C(=O)NCC2CC2)C1. The van der Waals surface area contributed by atoms with Crippen molar-refractivity contribution in [3.8, 4) is 5.75 Å². The molecule has 7 nitrogen and oxygen atoms in total. The standard InChI is InChI=1S/C19H25N3O4/c20-17(23)12-26-16-6-2-1-5-15(16)19(25)22-9-3-4-14(11-22)18(24)21-10-13-7-8-13/h1-2,5-6,13-14H,3-4,7-12H2,(H2,20,23)(H,21,24). The van der Waals surface area contributed by atoms with Crippen LogP contribution in [-0.4, -0.2) is 48.9 Å². The first kappa shape index (κ1) is 18.2. The average molecular weight is 359 g/mol. The zero-order chi connectivity index (χ0) is 18.5. The number of piperidine rings is 1. The molecule has 3 amide bonds. The number of nitrogens with zero attached hydrogens (tertiary/aromatic N) is 1. The number of primary amides is 1. The summed E-state index contributed by atoms with van der Waals surface area (Å²) in [5, 5.41) is 3.00. The Labute approximate surface area is 152 Å². The summed E-state index contributed by atoms with van der Waals surface area (Å²) in [6.45, 7) is 1.47. The molecule has 1 heterocycles. The summed E-state index contributed by atoms with van der Waals surface area (Å²) in [7, 11) is 0. The molecule has 0 spiro atoms. The second kappa shape index (κ2) is 8.21. The maximum absolute atomic E-state index is 12.9. The normalized spacial score (nSPS) is 19.7. The van der Waals surface area contributed by atoms with Gasteiger partial charge in [0.1, 0.15) is 5.75 Å². The first-order valence-corrected chi connectivity index (χ1v) is 9.11. The maximum atomic E-state index is 12.9. The third-order valence-electron chi connectivity index (χ3n) is 4.83. The van der Waals surface area contributed by atoms with Crippen LogP contribution in [0.25, 0.3) is 0 Å². The van der Waals surface area contributed by atoms with Gasteiger partial charge in [-0.3, -0.25) is 14.4 Å². The molecule has 140 valence electrons. The van der Waals surface area contributed by atoms with Gasteiger partial charge in [0.15, 0.2) is 6.61 Å². The smallest absolute Gasteiger partial charge is 0.257 e. The Balaban J connectivity index is 1.63. The van der Waals surface area contributed by atoms with E-state index in [4.69, 9.17) is 10.5 Å². The van der Waals surface area contributed by atoms with Crippen LogP contribution in [0.5, 0.6) is 5.75 Å². The van der Waals surface area contributed by atoms with Gasteiger partial charge in [0.05, 0.1) is 11.5 Å². The second-order valence-electron chi connectivity index (χ2n) is 7.03. The van der Waals surface area contributed by atoms with Crippen LogP contribution in [-0.2, 0) is 9.59 Å². The first-order valence-electron chi connectivity index (χ1n) is 9.11. The number of carbonyl (C=O) groups is 3. The van der Waals surface area contributed by atoms with Crippen molar-refractivity contribution in [2.45, 2.75) is 25.7 Å². The Bertz CT molecular complexity index is 687. The Morgan fingerprint density at radius 2 is 1.96 bits per heavy atom. The molecule has 26 heavy (non-hydrogen) atoms. The molecule has 1 aromatic carbocycles. The lowest BCUT2D eigenvalue weighted by atomic mass is 9.96. The van der Waals surface area contributed by atoms with Crippen molar-refractivity contribution in [1.29, 1.82) is 0 Å². The zero-order valence-electron chi connectivity index (χ0n) is 14.8. The molecule has 3 rings (SSSR count). The number of hydrogen-bond donors (Lipinski definition) is 2. The number of amides is 3. The van der Waals surface area contributed by atoms with Gasteiger partial charge in [-0.15, -0.1) is 0 Å². The van der Waals surface area contributed by atoms with E-state index in [2.05, 4.69) is 5.32 Å². The minimum absolute atomic E-state index is 0.0349. The van der Waals surface area contributed by atoms with Gasteiger partial charge in [0.25, 0.3) is 11.8 Å². The van der Waals surface area contributed by atoms with E-state index in [-0.39, 0.29) is 24.3 Å². The quantitative estimate of drug-likeness (QED) is 0.756. The Hall–Kier alpha value is -2.57. The number of rotatable bonds is 7. The number of carbonyl (C=O) groups excluding carboxylic acids is 3. The minimum atomic E-state index is -0.599. The summed E-state index contributed by atoms with van der Waals surface area (Å²) >= 11 is 0. The van der Waals surface area contributed by atoms with Crippen LogP contribution in [0.15, 0.2) is 24.3 Å². The Morgan fingerprint density at radius 3 is 2.69 bits per heavy atom. The van der Waals surface area contributed by atoms with Crippen LogP contribution in [0.4, 0.5) is 0 Å². The summed E-state index contributed by atoms with van der Waals surface area (Å²) < 4.78 is 5.36. The second-order valence-corrected chi connectivity index (χ2v) is 7.03. The van der Waals surface area contributed by atoms with E-state index in [1.54, 1.807) is 29.2 Å². The number of hydrogen-bond acceptors (Lipinski definition) is 4. The van der Waals surface area contributed by atoms with Crippen LogP contribution >= 0.6 is 0 Å². The van der Waals surface area contributed by atoms with Crippen molar-refractivity contribution in [3.05, 3.63) is 29.8 Å². The zero-order valence-corrected chi connectivity index (χ0v) is 14.8. The van der Waals surface area contributed by atoms with Gasteiger partial charge >= 0.3 is 0 Å². The van der Waals surface area contributed by atoms with Crippen LogP contribution in [0.1, 0.15) is 36.0 Å². The molecular weight excluding hydrogens is 334 g/mol. The Morgan fingerprint density at radius 1 is 1.19 bits per heavy atom. The summed E-state index contributed by atoms with van der Waals surface area (Å²) in [5.74, 6) is 0.0337. The van der Waals surface area contributed by atoms with Crippen LogP contribution in [0.3, 0.4) is 0 Å². The number of nitrogens with two attached hydrogens (primary N) is 1. The molecular formula is C19H25N3O4. The number of ether oxygens (including phenoxy) is 1. The molecule has 1 unspecified atom stereocenters. The third-order valence-corrected chi connectivity index (χ3v) is 4.83. The van der Waals surface area contributed by atoms with Crippen molar-refractivity contribution in [3.63, 3.8) is 0 Å². The minimum Gasteiger partial charge on any atom is -0.483 e. The van der Waals surface area contributed by atoms with Crippen LogP contribution < -0.4 is 15.8 Å². The van der Waals surface area contributed by atoms with Crippen molar-refractivity contribution in [1.82, 2.24) is 10.2 Å². The van der Waals surface area contributed by atoms with Gasteiger partial charge in [0, 0.05) is 19.6 Å². The lowest BCUT2D eigenvalue weighted by molar-refractivity contribution is -0.126. The monoisotopic (exact) mass is 359 g/mol. The number of para-hydroxylation sites is 1. The van der Waals surface area contributed by atoms with Crippen molar-refractivity contribution in [2.75, 3.05) is 26.2 Å². The summed E-state index contributed by atoms with van der Waals surface area (Å²) in [4.78, 5) is 37.9. The van der Waals surface area contributed by atoms with E-state index in [1.165, 1.54) is 12.8 Å². The number of nitrogens with one attached hydrogen (secondary N) is 1. The molecule has 1 aromatic rings. The third kappa shape index (κ3) is 4.74. The molecule has 7 heteroatoms. The first-order chi connectivity index (χ1) is 12.5. The average Bonchev–Trinajstić information content (AvgIpc) is 3.48. The van der Waals surface area contributed by atoms with E-state index in [1.807, 2.05) is 0 Å². The lowest BCUT2D eigenvalue weighted by Gasteiger charge is -2.32. The molecule has 1 saturated carbocycles. The highest BCUT2D eigenvalue weighted by atomic mass is 16.5. The van der Waals surface area contributed by atoms with E-state index < -0.39 is 5.91 Å². The van der Waals surface area contributed by atoms with E-state index in [0.717, 1.165) is 19.4 Å². The fourth-order valence-corrected chi connectivity index (χ4v) is 3.18. The van der Waals surface area contributed by atoms with Gasteiger partial charge in [-0.05, 0) is 43.7 Å². The molecule has 2 aliphatic rings. The molecule has 1 aliphatic carbocycles. The topological polar surface area (TPSA) is 102 Å². The Kier molecular flexibility index (Phi) is 5.75. The van der Waals surface area contributed by atoms with Gasteiger partial charge in [-0.25, -0.2) is 0 Å². The molecule has 1 aliphatic heterocycles. The highest BCUT2D eigenvalue weighted by Gasteiger charge is 2.31. The fourth-order valence-electron chi connectivity index (χ4n) is 3.18. The lowest BCUT2D eigenvalue weighted by Crippen LogP contribution is -2.45. The predicted molar refractivity (Wildman–Crippen MR) is 95.5 cm³/mol. The van der Waals surface area contributed by atoms with Crippen LogP contribution in [0, 0.1) is 11.8 Å². The molecule has 3 N–H and O–H groups in total. The van der Waals surface area contributed by atoms with Gasteiger partial charge in [0.2, 0.25) is 5.91 Å². The van der Waals surface area contributed by atoms with Crippen LogP contribution in [0.2, 0.25) is 0 Å². The maximum Gasteiger partial charge on any atom is 0.257 e. The highest BCUT2D eigenvalue weighted by molar-refractivity contribution is 5.97. The summed E-state index contributed by atoms with van der Waals surface area (Å²) in [5.41, 5.74) is 5.49. The van der Waals surface area contributed by atoms with E-state index in [9.17, 15) is 14.4 Å². The highest BCUT2D eigenvalue weighted by Crippen LogP contribution is 2.28. The van der Waals surface area contributed by atoms with Crippen molar-refractivity contribution < 1.29 is 19.1 Å².